The van der Waals surface area contributed by atoms with E-state index in [1.165, 1.54) is 6.20 Å². The van der Waals surface area contributed by atoms with Gasteiger partial charge in [-0.3, -0.25) is 4.98 Å². The van der Waals surface area contributed by atoms with Gasteiger partial charge in [0.15, 0.2) is 5.82 Å². The Morgan fingerprint density at radius 1 is 1.10 bits per heavy atom. The van der Waals surface area contributed by atoms with Crippen LogP contribution in [0.2, 0.25) is 0 Å². The van der Waals surface area contributed by atoms with Crippen molar-refractivity contribution >= 4 is 11.0 Å². The molecule has 2 heterocycles. The number of nitriles is 2. The minimum atomic E-state index is 0.505. The van der Waals surface area contributed by atoms with Crippen molar-refractivity contribution in [2.24, 2.45) is 7.05 Å². The number of para-hydroxylation sites is 1. The maximum atomic E-state index is 9.12. The Kier molecular flexibility index (Phi) is 2.67. The van der Waals surface area contributed by atoms with Gasteiger partial charge in [0, 0.05) is 13.2 Å². The van der Waals surface area contributed by atoms with Gasteiger partial charge in [0.2, 0.25) is 0 Å². The second-order valence-corrected chi connectivity index (χ2v) is 4.32. The molecule has 94 valence electrons. The van der Waals surface area contributed by atoms with Gasteiger partial charge in [0.25, 0.3) is 0 Å². The van der Waals surface area contributed by atoms with Crippen molar-refractivity contribution in [1.82, 2.24) is 14.5 Å². The zero-order valence-corrected chi connectivity index (χ0v) is 10.7. The van der Waals surface area contributed by atoms with Gasteiger partial charge in [-0.1, -0.05) is 6.07 Å². The number of rotatable bonds is 1. The summed E-state index contributed by atoms with van der Waals surface area (Å²) in [7, 11) is 1.88. The lowest BCUT2D eigenvalue weighted by Gasteiger charge is -2.01. The molecule has 0 aliphatic rings. The Hall–Kier alpha value is -3.18. The van der Waals surface area contributed by atoms with Crippen molar-refractivity contribution in [3.8, 4) is 23.7 Å². The van der Waals surface area contributed by atoms with Crippen molar-refractivity contribution in [2.75, 3.05) is 0 Å². The second kappa shape index (κ2) is 4.49. The summed E-state index contributed by atoms with van der Waals surface area (Å²) >= 11 is 0. The quantitative estimate of drug-likeness (QED) is 0.672. The predicted molar refractivity (Wildman–Crippen MR) is 73.4 cm³/mol. The van der Waals surface area contributed by atoms with Crippen LogP contribution in [0.1, 0.15) is 11.1 Å². The van der Waals surface area contributed by atoms with Gasteiger partial charge >= 0.3 is 0 Å². The molecule has 3 rings (SSSR count). The summed E-state index contributed by atoms with van der Waals surface area (Å²) < 4.78 is 1.89. The molecule has 0 aliphatic heterocycles. The van der Waals surface area contributed by atoms with Crippen LogP contribution in [0.4, 0.5) is 0 Å². The van der Waals surface area contributed by atoms with Crippen molar-refractivity contribution < 1.29 is 0 Å². The van der Waals surface area contributed by atoms with E-state index in [0.717, 1.165) is 5.52 Å². The molecule has 0 amide bonds. The number of benzene rings is 1. The molecule has 0 aliphatic carbocycles. The van der Waals surface area contributed by atoms with Gasteiger partial charge in [-0.25, -0.2) is 4.98 Å². The smallest absolute Gasteiger partial charge is 0.159 e. The van der Waals surface area contributed by atoms with Gasteiger partial charge in [-0.2, -0.15) is 10.5 Å². The molecule has 1 aromatic carbocycles. The number of aryl methyl sites for hydroxylation is 1. The van der Waals surface area contributed by atoms with E-state index in [0.29, 0.717) is 28.2 Å². The molecule has 3 aromatic rings. The molecule has 0 unspecified atom stereocenters. The summed E-state index contributed by atoms with van der Waals surface area (Å²) in [6.07, 6.45) is 1.51. The highest BCUT2D eigenvalue weighted by Crippen LogP contribution is 2.24. The number of fused-ring (bicyclic) bond motifs is 1. The van der Waals surface area contributed by atoms with Crippen LogP contribution in [-0.2, 0) is 7.05 Å². The number of aromatic nitrogens is 3. The van der Waals surface area contributed by atoms with Crippen molar-refractivity contribution in [1.29, 1.82) is 10.5 Å². The zero-order valence-electron chi connectivity index (χ0n) is 10.7. The van der Waals surface area contributed by atoms with Gasteiger partial charge < -0.3 is 4.57 Å². The lowest BCUT2D eigenvalue weighted by molar-refractivity contribution is 0.950. The van der Waals surface area contributed by atoms with Crippen LogP contribution in [0.15, 0.2) is 36.5 Å². The fraction of sp³-hybridized carbons (Fsp3) is 0.0667. The monoisotopic (exact) mass is 259 g/mol. The van der Waals surface area contributed by atoms with Crippen molar-refractivity contribution in [3.05, 3.63) is 47.7 Å². The number of pyridine rings is 1. The minimum absolute atomic E-state index is 0.505. The summed E-state index contributed by atoms with van der Waals surface area (Å²) in [5, 5.41) is 17.9. The maximum absolute atomic E-state index is 9.12. The lowest BCUT2D eigenvalue weighted by atomic mass is 10.2. The molecule has 0 saturated heterocycles. The largest absolute Gasteiger partial charge is 0.326 e. The highest BCUT2D eigenvalue weighted by Gasteiger charge is 2.13. The third-order valence-electron chi connectivity index (χ3n) is 3.15. The molecular weight excluding hydrogens is 250 g/mol. The fourth-order valence-electron chi connectivity index (χ4n) is 2.13. The average Bonchev–Trinajstić information content (AvgIpc) is 2.85. The molecule has 0 fully saturated rings. The van der Waals surface area contributed by atoms with E-state index >= 15 is 0 Å². The molecule has 5 heteroatoms. The van der Waals surface area contributed by atoms with Gasteiger partial charge in [0.1, 0.15) is 23.3 Å². The van der Waals surface area contributed by atoms with Crippen LogP contribution in [0.3, 0.4) is 0 Å². The maximum Gasteiger partial charge on any atom is 0.159 e. The molecule has 5 nitrogen and oxygen atoms in total. The third kappa shape index (κ3) is 1.70. The summed E-state index contributed by atoms with van der Waals surface area (Å²) in [4.78, 5) is 8.75. The number of hydrogen-bond donors (Lipinski definition) is 0. The van der Waals surface area contributed by atoms with Crippen LogP contribution in [0.5, 0.6) is 0 Å². The highest BCUT2D eigenvalue weighted by atomic mass is 15.1. The first-order valence-corrected chi connectivity index (χ1v) is 5.96. The van der Waals surface area contributed by atoms with Crippen molar-refractivity contribution in [3.63, 3.8) is 0 Å². The van der Waals surface area contributed by atoms with E-state index in [9.17, 15) is 0 Å². The Bertz CT molecular complexity index is 875. The molecule has 0 radical (unpaired) electrons. The number of imidazole rings is 1. The zero-order chi connectivity index (χ0) is 14.1. The van der Waals surface area contributed by atoms with Crippen LogP contribution in [0.25, 0.3) is 22.6 Å². The van der Waals surface area contributed by atoms with Crippen LogP contribution < -0.4 is 0 Å². The van der Waals surface area contributed by atoms with E-state index in [1.54, 1.807) is 18.2 Å². The van der Waals surface area contributed by atoms with Crippen LogP contribution in [0, 0.1) is 22.7 Å². The third-order valence-corrected chi connectivity index (χ3v) is 3.15. The summed E-state index contributed by atoms with van der Waals surface area (Å²) in [6, 6.07) is 13.1. The summed E-state index contributed by atoms with van der Waals surface area (Å²) in [5.41, 5.74) is 3.26. The average molecular weight is 259 g/mol. The summed E-state index contributed by atoms with van der Waals surface area (Å²) in [5.74, 6) is 0.673. The van der Waals surface area contributed by atoms with Crippen LogP contribution >= 0.6 is 0 Å². The molecule has 0 atom stereocenters. The fourth-order valence-corrected chi connectivity index (χ4v) is 2.13. The molecule has 0 N–H and O–H groups in total. The van der Waals surface area contributed by atoms with E-state index in [-0.39, 0.29) is 0 Å². The second-order valence-electron chi connectivity index (χ2n) is 4.32. The molecule has 2 aromatic heterocycles. The van der Waals surface area contributed by atoms with Gasteiger partial charge in [-0.05, 0) is 24.3 Å². The Balaban J connectivity index is 2.24. The number of nitrogens with zero attached hydrogens (tertiary/aromatic N) is 5. The Morgan fingerprint density at radius 3 is 2.60 bits per heavy atom. The topological polar surface area (TPSA) is 78.3 Å². The highest BCUT2D eigenvalue weighted by molar-refractivity contribution is 5.85. The van der Waals surface area contributed by atoms with Crippen molar-refractivity contribution in [2.45, 2.75) is 0 Å². The first-order chi connectivity index (χ1) is 9.74. The molecule has 0 bridgehead atoms. The summed E-state index contributed by atoms with van der Waals surface area (Å²) in [6.45, 7) is 0. The van der Waals surface area contributed by atoms with E-state index < -0.39 is 0 Å². The minimum Gasteiger partial charge on any atom is -0.326 e. The van der Waals surface area contributed by atoms with Gasteiger partial charge in [-0.15, -0.1) is 0 Å². The van der Waals surface area contributed by atoms with Gasteiger partial charge in [0.05, 0.1) is 16.6 Å². The standard InChI is InChI=1S/C15H9N5/c1-20-13-4-2-3-11(8-17)14(13)19-15(20)12-6-5-10(7-16)9-18-12/h2-6,9H,1H3. The molecular formula is C15H9N5. The molecule has 0 spiro atoms. The lowest BCUT2D eigenvalue weighted by Crippen LogP contribution is -1.94. The first-order valence-electron chi connectivity index (χ1n) is 5.96. The SMILES string of the molecule is Cn1c(-c2ccc(C#N)cn2)nc2c(C#N)cccc21. The molecule has 20 heavy (non-hydrogen) atoms. The Morgan fingerprint density at radius 2 is 1.95 bits per heavy atom. The predicted octanol–water partition coefficient (Wildman–Crippen LogP) is 2.38. The molecule has 0 saturated carbocycles. The van der Waals surface area contributed by atoms with Crippen LogP contribution in [-0.4, -0.2) is 14.5 Å². The number of hydrogen-bond acceptors (Lipinski definition) is 4. The van der Waals surface area contributed by atoms with E-state index in [4.69, 9.17) is 10.5 Å². The normalized spacial score (nSPS) is 10.2. The Labute approximate surface area is 115 Å². The van der Waals surface area contributed by atoms with E-state index in [2.05, 4.69) is 16.0 Å². The first kappa shape index (κ1) is 11.9. The van der Waals surface area contributed by atoms with E-state index in [1.807, 2.05) is 29.8 Å².